The molecular weight excluding hydrogens is 296 g/mol. The van der Waals surface area contributed by atoms with E-state index < -0.39 is 0 Å². The fraction of sp³-hybridized carbons (Fsp3) is 1.00. The summed E-state index contributed by atoms with van der Waals surface area (Å²) in [5, 5.41) is 9.63. The fourth-order valence-corrected chi connectivity index (χ4v) is 3.82. The molecule has 0 aromatic carbocycles. The van der Waals surface area contributed by atoms with E-state index in [0.29, 0.717) is 6.10 Å². The molecule has 1 aliphatic rings. The molecule has 0 aliphatic heterocycles. The van der Waals surface area contributed by atoms with Crippen LogP contribution >= 0.6 is 0 Å². The van der Waals surface area contributed by atoms with E-state index in [9.17, 15) is 5.11 Å². The molecule has 0 heterocycles. The molecule has 0 bridgehead atoms. The molecule has 0 saturated heterocycles. The number of rotatable bonds is 16. The molecule has 1 saturated carbocycles. The molecule has 0 radical (unpaired) electrons. The number of hydrogen-bond acceptors (Lipinski definition) is 2. The van der Waals surface area contributed by atoms with Crippen molar-refractivity contribution in [1.29, 1.82) is 0 Å². The van der Waals surface area contributed by atoms with Gasteiger partial charge in [0.15, 0.2) is 0 Å². The SMILES string of the molecule is CCCCCCCCCCCCCCCCOC1CCCC(O)C1. The molecule has 0 aromatic heterocycles. The zero-order valence-electron chi connectivity index (χ0n) is 16.4. The summed E-state index contributed by atoms with van der Waals surface area (Å²) in [6, 6.07) is 0. The van der Waals surface area contributed by atoms with E-state index in [1.807, 2.05) is 0 Å². The van der Waals surface area contributed by atoms with Gasteiger partial charge in [-0.15, -0.1) is 0 Å². The van der Waals surface area contributed by atoms with Gasteiger partial charge in [0.2, 0.25) is 0 Å². The highest BCUT2D eigenvalue weighted by molar-refractivity contribution is 4.72. The summed E-state index contributed by atoms with van der Waals surface area (Å²) < 4.78 is 5.90. The summed E-state index contributed by atoms with van der Waals surface area (Å²) >= 11 is 0. The van der Waals surface area contributed by atoms with Crippen molar-refractivity contribution in [3.63, 3.8) is 0 Å². The normalized spacial score (nSPS) is 21.2. The molecule has 0 amide bonds. The number of aliphatic hydroxyl groups excluding tert-OH is 1. The predicted octanol–water partition coefficient (Wildman–Crippen LogP) is 6.79. The highest BCUT2D eigenvalue weighted by atomic mass is 16.5. The van der Waals surface area contributed by atoms with Crippen LogP contribution in [-0.4, -0.2) is 23.9 Å². The van der Waals surface area contributed by atoms with Crippen molar-refractivity contribution < 1.29 is 9.84 Å². The van der Waals surface area contributed by atoms with Gasteiger partial charge in [-0.25, -0.2) is 0 Å². The predicted molar refractivity (Wildman–Crippen MR) is 105 cm³/mol. The maximum atomic E-state index is 9.63. The minimum absolute atomic E-state index is 0.111. The summed E-state index contributed by atoms with van der Waals surface area (Å²) in [4.78, 5) is 0. The molecular formula is C22H44O2. The Morgan fingerprint density at radius 1 is 0.708 bits per heavy atom. The van der Waals surface area contributed by atoms with Crippen molar-refractivity contribution in [3.8, 4) is 0 Å². The van der Waals surface area contributed by atoms with Gasteiger partial charge in [0.1, 0.15) is 0 Å². The standard InChI is InChI=1S/C22H44O2/c1-2-3-4-5-6-7-8-9-10-11-12-13-14-15-19-24-22-18-16-17-21(23)20-22/h21-23H,2-20H2,1H3. The van der Waals surface area contributed by atoms with Gasteiger partial charge < -0.3 is 9.84 Å². The van der Waals surface area contributed by atoms with Crippen LogP contribution in [0.4, 0.5) is 0 Å². The summed E-state index contributed by atoms with van der Waals surface area (Å²) in [5.74, 6) is 0. The van der Waals surface area contributed by atoms with Crippen LogP contribution < -0.4 is 0 Å². The van der Waals surface area contributed by atoms with Crippen molar-refractivity contribution in [2.75, 3.05) is 6.61 Å². The quantitative estimate of drug-likeness (QED) is 0.313. The van der Waals surface area contributed by atoms with Crippen molar-refractivity contribution in [1.82, 2.24) is 0 Å². The van der Waals surface area contributed by atoms with E-state index >= 15 is 0 Å². The van der Waals surface area contributed by atoms with E-state index in [4.69, 9.17) is 4.74 Å². The van der Waals surface area contributed by atoms with Gasteiger partial charge in [0, 0.05) is 6.61 Å². The van der Waals surface area contributed by atoms with Crippen LogP contribution in [0.2, 0.25) is 0 Å². The highest BCUT2D eigenvalue weighted by Gasteiger charge is 2.20. The van der Waals surface area contributed by atoms with Gasteiger partial charge in [-0.3, -0.25) is 0 Å². The first-order valence-electron chi connectivity index (χ1n) is 11.1. The number of ether oxygens (including phenoxy) is 1. The van der Waals surface area contributed by atoms with Crippen LogP contribution in [0.5, 0.6) is 0 Å². The molecule has 2 heteroatoms. The molecule has 2 unspecified atom stereocenters. The highest BCUT2D eigenvalue weighted by Crippen LogP contribution is 2.21. The number of hydrogen-bond donors (Lipinski definition) is 1. The van der Waals surface area contributed by atoms with Gasteiger partial charge >= 0.3 is 0 Å². The van der Waals surface area contributed by atoms with Crippen LogP contribution in [0.25, 0.3) is 0 Å². The van der Waals surface area contributed by atoms with Crippen LogP contribution in [0, 0.1) is 0 Å². The Morgan fingerprint density at radius 2 is 1.21 bits per heavy atom. The fourth-order valence-electron chi connectivity index (χ4n) is 3.82. The van der Waals surface area contributed by atoms with Crippen LogP contribution in [0.3, 0.4) is 0 Å². The van der Waals surface area contributed by atoms with Crippen LogP contribution in [0.1, 0.15) is 122 Å². The summed E-state index contributed by atoms with van der Waals surface area (Å²) in [7, 11) is 0. The second-order valence-corrected chi connectivity index (χ2v) is 7.91. The van der Waals surface area contributed by atoms with E-state index in [1.165, 1.54) is 89.9 Å². The van der Waals surface area contributed by atoms with Gasteiger partial charge in [-0.1, -0.05) is 90.4 Å². The van der Waals surface area contributed by atoms with Crippen molar-refractivity contribution in [2.45, 2.75) is 135 Å². The topological polar surface area (TPSA) is 29.5 Å². The molecule has 1 N–H and O–H groups in total. The third-order valence-corrected chi connectivity index (χ3v) is 5.45. The van der Waals surface area contributed by atoms with Crippen molar-refractivity contribution in [3.05, 3.63) is 0 Å². The average Bonchev–Trinajstić information content (AvgIpc) is 2.58. The third kappa shape index (κ3) is 13.2. The summed E-state index contributed by atoms with van der Waals surface area (Å²) in [6.45, 7) is 3.19. The molecule has 0 aromatic rings. The Bertz CT molecular complexity index is 254. The van der Waals surface area contributed by atoms with Crippen molar-refractivity contribution in [2.24, 2.45) is 0 Å². The smallest absolute Gasteiger partial charge is 0.0599 e. The molecule has 0 spiro atoms. The lowest BCUT2D eigenvalue weighted by atomic mass is 9.95. The minimum Gasteiger partial charge on any atom is -0.393 e. The summed E-state index contributed by atoms with van der Waals surface area (Å²) in [6.07, 6.45) is 24.0. The lowest BCUT2D eigenvalue weighted by Gasteiger charge is -2.25. The molecule has 1 rings (SSSR count). The lowest BCUT2D eigenvalue weighted by molar-refractivity contribution is -0.0157. The molecule has 24 heavy (non-hydrogen) atoms. The van der Waals surface area contributed by atoms with Gasteiger partial charge in [0.25, 0.3) is 0 Å². The first kappa shape index (κ1) is 22.0. The van der Waals surface area contributed by atoms with E-state index in [0.717, 1.165) is 32.3 Å². The molecule has 1 aliphatic carbocycles. The molecule has 1 fully saturated rings. The first-order chi connectivity index (χ1) is 11.8. The van der Waals surface area contributed by atoms with Gasteiger partial charge in [0.05, 0.1) is 12.2 Å². The minimum atomic E-state index is -0.111. The van der Waals surface area contributed by atoms with E-state index in [2.05, 4.69) is 6.92 Å². The second-order valence-electron chi connectivity index (χ2n) is 7.91. The third-order valence-electron chi connectivity index (χ3n) is 5.45. The van der Waals surface area contributed by atoms with E-state index in [-0.39, 0.29) is 6.10 Å². The van der Waals surface area contributed by atoms with Crippen LogP contribution in [-0.2, 0) is 4.74 Å². The van der Waals surface area contributed by atoms with Crippen molar-refractivity contribution >= 4 is 0 Å². The zero-order valence-corrected chi connectivity index (χ0v) is 16.4. The monoisotopic (exact) mass is 340 g/mol. The maximum Gasteiger partial charge on any atom is 0.0599 e. The Hall–Kier alpha value is -0.0800. The van der Waals surface area contributed by atoms with Crippen LogP contribution in [0.15, 0.2) is 0 Å². The summed E-state index contributed by atoms with van der Waals surface area (Å²) in [5.41, 5.74) is 0. The Morgan fingerprint density at radius 3 is 1.71 bits per heavy atom. The zero-order chi connectivity index (χ0) is 17.3. The maximum absolute atomic E-state index is 9.63. The molecule has 2 atom stereocenters. The second kappa shape index (κ2) is 16.4. The molecule has 2 nitrogen and oxygen atoms in total. The molecule has 144 valence electrons. The average molecular weight is 341 g/mol. The largest absolute Gasteiger partial charge is 0.393 e. The van der Waals surface area contributed by atoms with E-state index in [1.54, 1.807) is 0 Å². The number of aliphatic hydroxyl groups is 1. The Labute approximate surface area is 151 Å². The Kier molecular flexibility index (Phi) is 15.0. The number of unbranched alkanes of at least 4 members (excludes halogenated alkanes) is 13. The lowest BCUT2D eigenvalue weighted by Crippen LogP contribution is -2.26. The Balaban J connectivity index is 1.70. The van der Waals surface area contributed by atoms with Gasteiger partial charge in [-0.2, -0.15) is 0 Å². The first-order valence-corrected chi connectivity index (χ1v) is 11.1. The van der Waals surface area contributed by atoms with Gasteiger partial charge in [-0.05, 0) is 32.1 Å².